The van der Waals surface area contributed by atoms with E-state index in [1.807, 2.05) is 31.2 Å². The molecule has 0 atom stereocenters. The van der Waals surface area contributed by atoms with E-state index in [0.717, 1.165) is 15.5 Å². The van der Waals surface area contributed by atoms with Crippen LogP contribution in [-0.2, 0) is 13.0 Å². The molecule has 0 aliphatic rings. The van der Waals surface area contributed by atoms with E-state index in [2.05, 4.69) is 11.1 Å². The van der Waals surface area contributed by atoms with Crippen molar-refractivity contribution in [1.82, 2.24) is 4.98 Å². The van der Waals surface area contributed by atoms with E-state index >= 15 is 0 Å². The number of aromatic hydroxyl groups is 1. The maximum absolute atomic E-state index is 11.6. The zero-order valence-corrected chi connectivity index (χ0v) is 17.0. The van der Waals surface area contributed by atoms with Crippen LogP contribution in [0.3, 0.4) is 0 Å². The van der Waals surface area contributed by atoms with Crippen LogP contribution in [0.5, 0.6) is 11.5 Å². The molecular weight excluding hydrogens is 384 g/mol. The van der Waals surface area contributed by atoms with Gasteiger partial charge in [0.05, 0.1) is 17.2 Å². The molecule has 3 aromatic rings. The van der Waals surface area contributed by atoms with E-state index in [1.54, 1.807) is 30.5 Å². The molecule has 1 N–H and O–H groups in total. The number of carbonyl (C=O) groups is 1. The largest absolute Gasteiger partial charge is 0.507 e. The lowest BCUT2D eigenvalue weighted by Gasteiger charge is -2.14. The van der Waals surface area contributed by atoms with E-state index < -0.39 is 0 Å². The van der Waals surface area contributed by atoms with Crippen molar-refractivity contribution in [2.45, 2.75) is 36.8 Å². The first-order chi connectivity index (χ1) is 14.0. The summed E-state index contributed by atoms with van der Waals surface area (Å²) in [5.74, 6) is 0.379. The number of ketones is 1. The first-order valence-electron chi connectivity index (χ1n) is 9.13. The van der Waals surface area contributed by atoms with Gasteiger partial charge < -0.3 is 9.84 Å². The van der Waals surface area contributed by atoms with Crippen LogP contribution in [0.1, 0.15) is 40.9 Å². The topological polar surface area (TPSA) is 83.2 Å². The third kappa shape index (κ3) is 4.95. The Hall–Kier alpha value is -3.30. The van der Waals surface area contributed by atoms with Crippen molar-refractivity contribution >= 4 is 17.5 Å². The van der Waals surface area contributed by atoms with Crippen molar-refractivity contribution in [3.05, 3.63) is 77.0 Å². The first kappa shape index (κ1) is 20.4. The number of hydrogen-bond acceptors (Lipinski definition) is 6. The fourth-order valence-electron chi connectivity index (χ4n) is 2.89. The number of carbonyl (C=O) groups excluding carboxylic acids is 1. The fraction of sp³-hybridized carbons (Fsp3) is 0.174. The predicted molar refractivity (Wildman–Crippen MR) is 111 cm³/mol. The number of rotatable bonds is 7. The highest BCUT2D eigenvalue weighted by atomic mass is 32.2. The Bertz CT molecular complexity index is 1090. The number of ether oxygens (including phenoxy) is 1. The number of pyridine rings is 1. The van der Waals surface area contributed by atoms with Crippen molar-refractivity contribution in [1.29, 1.82) is 5.26 Å². The quantitative estimate of drug-likeness (QED) is 0.548. The van der Waals surface area contributed by atoms with Crippen LogP contribution in [0.25, 0.3) is 0 Å². The first-order valence-corrected chi connectivity index (χ1v) is 9.95. The highest BCUT2D eigenvalue weighted by Crippen LogP contribution is 2.33. The fourth-order valence-corrected chi connectivity index (χ4v) is 3.79. The van der Waals surface area contributed by atoms with E-state index in [4.69, 9.17) is 10.00 Å². The summed E-state index contributed by atoms with van der Waals surface area (Å²) in [7, 11) is 0. The van der Waals surface area contributed by atoms with Gasteiger partial charge in [-0.25, -0.2) is 4.98 Å². The molecule has 0 aliphatic heterocycles. The van der Waals surface area contributed by atoms with Gasteiger partial charge in [-0.15, -0.1) is 0 Å². The highest BCUT2D eigenvalue weighted by molar-refractivity contribution is 7.99. The highest BCUT2D eigenvalue weighted by Gasteiger charge is 2.15. The summed E-state index contributed by atoms with van der Waals surface area (Å²) in [6.07, 6.45) is 2.18. The minimum Gasteiger partial charge on any atom is -0.507 e. The van der Waals surface area contributed by atoms with Gasteiger partial charge in [-0.2, -0.15) is 5.26 Å². The molecule has 0 fully saturated rings. The number of nitrogens with zero attached hydrogens (tertiary/aromatic N) is 2. The van der Waals surface area contributed by atoms with Crippen LogP contribution in [0.2, 0.25) is 0 Å². The van der Waals surface area contributed by atoms with Crippen molar-refractivity contribution in [3.8, 4) is 17.6 Å². The molecule has 0 bridgehead atoms. The van der Waals surface area contributed by atoms with Gasteiger partial charge in [-0.1, -0.05) is 30.8 Å². The molecule has 0 unspecified atom stereocenters. The second-order valence-corrected chi connectivity index (χ2v) is 7.47. The van der Waals surface area contributed by atoms with E-state index in [9.17, 15) is 9.90 Å². The maximum atomic E-state index is 11.6. The predicted octanol–water partition coefficient (Wildman–Crippen LogP) is 5.15. The van der Waals surface area contributed by atoms with Crippen LogP contribution in [0.15, 0.2) is 64.6 Å². The lowest BCUT2D eigenvalue weighted by atomic mass is 10.0. The number of nitriles is 1. The van der Waals surface area contributed by atoms with Gasteiger partial charge in [0.15, 0.2) is 5.78 Å². The minimum absolute atomic E-state index is 0.00902. The average molecular weight is 404 g/mol. The third-order valence-electron chi connectivity index (χ3n) is 4.35. The van der Waals surface area contributed by atoms with E-state index in [1.165, 1.54) is 18.7 Å². The Morgan fingerprint density at radius 2 is 2.07 bits per heavy atom. The summed E-state index contributed by atoms with van der Waals surface area (Å²) in [5.41, 5.74) is 2.46. The van der Waals surface area contributed by atoms with Crippen molar-refractivity contribution < 1.29 is 14.6 Å². The number of Topliss-reactive ketones (excluding diaryl/α,β-unsaturated/α-hetero) is 1. The molecule has 0 aliphatic carbocycles. The number of phenols is 1. The summed E-state index contributed by atoms with van der Waals surface area (Å²) in [4.78, 5) is 16.9. The monoisotopic (exact) mass is 404 g/mol. The molecule has 0 saturated carbocycles. The van der Waals surface area contributed by atoms with Crippen LogP contribution < -0.4 is 4.74 Å². The van der Waals surface area contributed by atoms with Gasteiger partial charge >= 0.3 is 0 Å². The molecule has 3 rings (SSSR count). The van der Waals surface area contributed by atoms with Crippen LogP contribution in [-0.4, -0.2) is 15.9 Å². The van der Waals surface area contributed by atoms with Gasteiger partial charge in [0.25, 0.3) is 0 Å². The Morgan fingerprint density at radius 1 is 1.24 bits per heavy atom. The van der Waals surface area contributed by atoms with Gasteiger partial charge in [-0.05, 0) is 55.3 Å². The molecular formula is C23H20N2O3S. The van der Waals surface area contributed by atoms with Crippen LogP contribution in [0, 0.1) is 11.3 Å². The molecule has 146 valence electrons. The van der Waals surface area contributed by atoms with E-state index in [-0.39, 0.29) is 11.5 Å². The molecule has 6 heteroatoms. The summed E-state index contributed by atoms with van der Waals surface area (Å²) >= 11 is 1.47. The summed E-state index contributed by atoms with van der Waals surface area (Å²) in [6.45, 7) is 3.66. The Kier molecular flexibility index (Phi) is 6.53. The average Bonchev–Trinajstić information content (AvgIpc) is 2.72. The van der Waals surface area contributed by atoms with Crippen molar-refractivity contribution in [2.75, 3.05) is 0 Å². The molecule has 5 nitrogen and oxygen atoms in total. The molecule has 2 aromatic carbocycles. The Balaban J connectivity index is 1.75. The molecule has 0 amide bonds. The zero-order chi connectivity index (χ0) is 20.8. The maximum Gasteiger partial charge on any atom is 0.163 e. The molecule has 0 radical (unpaired) electrons. The molecule has 29 heavy (non-hydrogen) atoms. The smallest absolute Gasteiger partial charge is 0.163 e. The van der Waals surface area contributed by atoms with Crippen molar-refractivity contribution in [3.63, 3.8) is 0 Å². The van der Waals surface area contributed by atoms with E-state index in [0.29, 0.717) is 35.5 Å². The molecule has 1 heterocycles. The SMILES string of the molecule is CCc1c(OCc2cccc(Sc3cc(C#N)ccn3)c2)ccc(C(C)=O)c1O. The lowest BCUT2D eigenvalue weighted by molar-refractivity contribution is 0.101. The van der Waals surface area contributed by atoms with Gasteiger partial charge in [-0.3, -0.25) is 4.79 Å². The Morgan fingerprint density at radius 3 is 2.79 bits per heavy atom. The third-order valence-corrected chi connectivity index (χ3v) is 5.27. The number of aromatic nitrogens is 1. The lowest BCUT2D eigenvalue weighted by Crippen LogP contribution is -2.02. The summed E-state index contributed by atoms with van der Waals surface area (Å²) in [6, 6.07) is 16.7. The summed E-state index contributed by atoms with van der Waals surface area (Å²) in [5, 5.41) is 20.1. The minimum atomic E-state index is -0.178. The number of benzene rings is 2. The summed E-state index contributed by atoms with van der Waals surface area (Å²) < 4.78 is 5.93. The normalized spacial score (nSPS) is 10.4. The van der Waals surface area contributed by atoms with Gasteiger partial charge in [0.2, 0.25) is 0 Å². The molecule has 1 aromatic heterocycles. The van der Waals surface area contributed by atoms with Crippen LogP contribution >= 0.6 is 11.8 Å². The second kappa shape index (κ2) is 9.26. The van der Waals surface area contributed by atoms with Crippen LogP contribution in [0.4, 0.5) is 0 Å². The molecule has 0 spiro atoms. The standard InChI is InChI=1S/C23H20N2O3S/c1-3-19-21(8-7-20(15(2)26)23(19)27)28-14-17-5-4-6-18(11-17)29-22-12-16(13-24)9-10-25-22/h4-12,27H,3,14H2,1-2H3. The molecule has 0 saturated heterocycles. The zero-order valence-electron chi connectivity index (χ0n) is 16.2. The second-order valence-electron chi connectivity index (χ2n) is 6.38. The van der Waals surface area contributed by atoms with Gasteiger partial charge in [0.1, 0.15) is 23.1 Å². The van der Waals surface area contributed by atoms with Gasteiger partial charge in [0, 0.05) is 16.7 Å². The Labute approximate surface area is 174 Å². The van der Waals surface area contributed by atoms with Crippen molar-refractivity contribution in [2.24, 2.45) is 0 Å². The number of hydrogen-bond donors (Lipinski definition) is 1. The number of phenolic OH excluding ortho intramolecular Hbond substituents is 1.